The molecule has 0 spiro atoms. The van der Waals surface area contributed by atoms with E-state index in [1.165, 1.54) is 7.11 Å². The maximum Gasteiger partial charge on any atom is 0.337 e. The molecule has 0 aliphatic heterocycles. The van der Waals surface area contributed by atoms with E-state index < -0.39 is 5.97 Å². The lowest BCUT2D eigenvalue weighted by atomic mass is 9.85. The van der Waals surface area contributed by atoms with E-state index in [1.807, 2.05) is 34.6 Å². The molecule has 0 radical (unpaired) electrons. The molecular formula is C16H25NO3. The van der Waals surface area contributed by atoms with Crippen molar-refractivity contribution in [2.45, 2.75) is 40.0 Å². The van der Waals surface area contributed by atoms with Gasteiger partial charge in [-0.2, -0.15) is 0 Å². The number of rotatable bonds is 2. The van der Waals surface area contributed by atoms with E-state index in [-0.39, 0.29) is 11.3 Å². The number of carbonyl (C=O) groups excluding carboxylic acids is 2. The van der Waals surface area contributed by atoms with Gasteiger partial charge in [-0.3, -0.25) is 4.79 Å². The zero-order valence-corrected chi connectivity index (χ0v) is 13.5. The van der Waals surface area contributed by atoms with Crippen LogP contribution < -0.4 is 5.32 Å². The van der Waals surface area contributed by atoms with Crippen LogP contribution in [0.3, 0.4) is 0 Å². The first-order chi connectivity index (χ1) is 9.29. The fourth-order valence-corrected chi connectivity index (χ4v) is 1.57. The summed E-state index contributed by atoms with van der Waals surface area (Å²) in [4.78, 5) is 23.3. The molecule has 20 heavy (non-hydrogen) atoms. The third-order valence-corrected chi connectivity index (χ3v) is 2.71. The molecule has 0 bridgehead atoms. The maximum atomic E-state index is 11.7. The van der Waals surface area contributed by atoms with Gasteiger partial charge in [0.05, 0.1) is 12.7 Å². The van der Waals surface area contributed by atoms with Crippen molar-refractivity contribution in [3.63, 3.8) is 0 Å². The molecule has 0 saturated heterocycles. The predicted molar refractivity (Wildman–Crippen MR) is 81.2 cm³/mol. The SMILES string of the molecule is CC.CNC(=O)c1cc(C(=O)OC)cc(C(C)(C)C)c1. The smallest absolute Gasteiger partial charge is 0.337 e. The van der Waals surface area contributed by atoms with Gasteiger partial charge in [-0.15, -0.1) is 0 Å². The summed E-state index contributed by atoms with van der Waals surface area (Å²) in [5.41, 5.74) is 1.63. The Balaban J connectivity index is 0.00000172. The van der Waals surface area contributed by atoms with E-state index >= 15 is 0 Å². The number of amides is 1. The van der Waals surface area contributed by atoms with Gasteiger partial charge in [0.25, 0.3) is 5.91 Å². The van der Waals surface area contributed by atoms with E-state index in [2.05, 4.69) is 5.32 Å². The van der Waals surface area contributed by atoms with E-state index in [0.29, 0.717) is 11.1 Å². The van der Waals surface area contributed by atoms with E-state index in [4.69, 9.17) is 4.74 Å². The first kappa shape index (κ1) is 18.2. The van der Waals surface area contributed by atoms with Gasteiger partial charge >= 0.3 is 5.97 Å². The summed E-state index contributed by atoms with van der Waals surface area (Å²) in [6, 6.07) is 5.10. The van der Waals surface area contributed by atoms with Gasteiger partial charge < -0.3 is 10.1 Å². The van der Waals surface area contributed by atoms with Crippen LogP contribution in [0.2, 0.25) is 0 Å². The van der Waals surface area contributed by atoms with Gasteiger partial charge in [0.15, 0.2) is 0 Å². The number of hydrogen-bond donors (Lipinski definition) is 1. The second-order valence-electron chi connectivity index (χ2n) is 5.12. The standard InChI is InChI=1S/C14H19NO3.C2H6/c1-14(2,3)11-7-9(12(16)15-4)6-10(8-11)13(17)18-5;1-2/h6-8H,1-5H3,(H,15,16);1-2H3. The highest BCUT2D eigenvalue weighted by molar-refractivity contribution is 5.98. The highest BCUT2D eigenvalue weighted by atomic mass is 16.5. The van der Waals surface area contributed by atoms with Gasteiger partial charge in [-0.1, -0.05) is 34.6 Å². The molecule has 0 atom stereocenters. The molecule has 1 aromatic carbocycles. The topological polar surface area (TPSA) is 55.4 Å². The summed E-state index contributed by atoms with van der Waals surface area (Å²) in [7, 11) is 2.88. The molecule has 4 heteroatoms. The van der Waals surface area contributed by atoms with Crippen LogP contribution in [-0.4, -0.2) is 26.0 Å². The van der Waals surface area contributed by atoms with Gasteiger partial charge in [-0.25, -0.2) is 4.79 Å². The molecular weight excluding hydrogens is 254 g/mol. The van der Waals surface area contributed by atoms with E-state index in [9.17, 15) is 9.59 Å². The highest BCUT2D eigenvalue weighted by Gasteiger charge is 2.19. The lowest BCUT2D eigenvalue weighted by Crippen LogP contribution is -2.21. The molecule has 1 amide bonds. The van der Waals surface area contributed by atoms with Crippen molar-refractivity contribution in [2.24, 2.45) is 0 Å². The molecule has 0 saturated carbocycles. The van der Waals surface area contributed by atoms with Crippen molar-refractivity contribution in [3.8, 4) is 0 Å². The van der Waals surface area contributed by atoms with Gasteiger partial charge in [0.1, 0.15) is 0 Å². The number of esters is 1. The van der Waals surface area contributed by atoms with Gasteiger partial charge in [0.2, 0.25) is 0 Å². The lowest BCUT2D eigenvalue weighted by Gasteiger charge is -2.20. The monoisotopic (exact) mass is 279 g/mol. The van der Waals surface area contributed by atoms with Crippen LogP contribution in [0.15, 0.2) is 18.2 Å². The summed E-state index contributed by atoms with van der Waals surface area (Å²) in [6.45, 7) is 10.1. The van der Waals surface area contributed by atoms with Crippen LogP contribution in [0, 0.1) is 0 Å². The molecule has 1 aromatic rings. The van der Waals surface area contributed by atoms with Crippen molar-refractivity contribution < 1.29 is 14.3 Å². The molecule has 0 aliphatic carbocycles. The second kappa shape index (κ2) is 7.68. The Kier molecular flexibility index (Phi) is 6.97. The first-order valence-corrected chi connectivity index (χ1v) is 6.75. The van der Waals surface area contributed by atoms with Crippen molar-refractivity contribution in [2.75, 3.05) is 14.2 Å². The molecule has 0 fully saturated rings. The Hall–Kier alpha value is -1.84. The molecule has 0 unspecified atom stereocenters. The Bertz CT molecular complexity index is 439. The van der Waals surface area contributed by atoms with E-state index in [1.54, 1.807) is 25.2 Å². The first-order valence-electron chi connectivity index (χ1n) is 6.75. The quantitative estimate of drug-likeness (QED) is 0.846. The molecule has 1 rings (SSSR count). The van der Waals surface area contributed by atoms with Crippen molar-refractivity contribution >= 4 is 11.9 Å². The minimum absolute atomic E-state index is 0.146. The van der Waals surface area contributed by atoms with Crippen LogP contribution in [0.1, 0.15) is 60.9 Å². The Morgan fingerprint density at radius 2 is 1.55 bits per heavy atom. The molecule has 4 nitrogen and oxygen atoms in total. The number of benzene rings is 1. The minimum Gasteiger partial charge on any atom is -0.465 e. The van der Waals surface area contributed by atoms with Crippen LogP contribution in [0.5, 0.6) is 0 Å². The fourth-order valence-electron chi connectivity index (χ4n) is 1.57. The predicted octanol–water partition coefficient (Wildman–Crippen LogP) is 3.16. The molecule has 0 heterocycles. The van der Waals surface area contributed by atoms with Crippen LogP contribution in [-0.2, 0) is 10.2 Å². The summed E-state index contributed by atoms with van der Waals surface area (Å²) in [6.07, 6.45) is 0. The summed E-state index contributed by atoms with van der Waals surface area (Å²) < 4.78 is 4.70. The van der Waals surface area contributed by atoms with Crippen molar-refractivity contribution in [3.05, 3.63) is 34.9 Å². The maximum absolute atomic E-state index is 11.7. The average molecular weight is 279 g/mol. The Morgan fingerprint density at radius 1 is 1.05 bits per heavy atom. The highest BCUT2D eigenvalue weighted by Crippen LogP contribution is 2.25. The summed E-state index contributed by atoms with van der Waals surface area (Å²) in [5, 5.41) is 2.55. The molecule has 112 valence electrons. The van der Waals surface area contributed by atoms with Crippen molar-refractivity contribution in [1.29, 1.82) is 0 Å². The summed E-state index contributed by atoms with van der Waals surface area (Å²) >= 11 is 0. The number of methoxy groups -OCH3 is 1. The van der Waals surface area contributed by atoms with Crippen LogP contribution in [0.25, 0.3) is 0 Å². The largest absolute Gasteiger partial charge is 0.465 e. The molecule has 0 aliphatic rings. The van der Waals surface area contributed by atoms with Crippen LogP contribution in [0.4, 0.5) is 0 Å². The van der Waals surface area contributed by atoms with Gasteiger partial charge in [-0.05, 0) is 29.2 Å². The molecule has 0 aromatic heterocycles. The number of nitrogens with one attached hydrogen (secondary N) is 1. The zero-order chi connectivity index (χ0) is 15.9. The Labute approximate surface area is 121 Å². The van der Waals surface area contributed by atoms with Crippen molar-refractivity contribution in [1.82, 2.24) is 5.32 Å². The Morgan fingerprint density at radius 3 is 1.95 bits per heavy atom. The third-order valence-electron chi connectivity index (χ3n) is 2.71. The average Bonchev–Trinajstić information content (AvgIpc) is 2.46. The van der Waals surface area contributed by atoms with Crippen LogP contribution >= 0.6 is 0 Å². The normalized spacial score (nSPS) is 10.2. The zero-order valence-electron chi connectivity index (χ0n) is 13.5. The van der Waals surface area contributed by atoms with E-state index in [0.717, 1.165) is 5.56 Å². The lowest BCUT2D eigenvalue weighted by molar-refractivity contribution is 0.0600. The number of hydrogen-bond acceptors (Lipinski definition) is 3. The number of carbonyl (C=O) groups is 2. The second-order valence-corrected chi connectivity index (χ2v) is 5.12. The fraction of sp³-hybridized carbons (Fsp3) is 0.500. The van der Waals surface area contributed by atoms with Gasteiger partial charge in [0, 0.05) is 12.6 Å². The number of ether oxygens (including phenoxy) is 1. The molecule has 1 N–H and O–H groups in total. The summed E-state index contributed by atoms with van der Waals surface area (Å²) in [5.74, 6) is -0.655. The third kappa shape index (κ3) is 4.68. The minimum atomic E-state index is -0.439.